The van der Waals surface area contributed by atoms with Gasteiger partial charge in [0.25, 0.3) is 0 Å². The molecule has 0 atom stereocenters. The highest BCUT2D eigenvalue weighted by atomic mass is 16.5. The Balaban J connectivity index is 2.67. The zero-order valence-electron chi connectivity index (χ0n) is 12.4. The quantitative estimate of drug-likeness (QED) is 0.587. The number of carbonyl (C=O) groups excluding carboxylic acids is 2. The molecule has 1 aromatic carbocycles. The third kappa shape index (κ3) is 7.15. The Morgan fingerprint density at radius 2 is 1.76 bits per heavy atom. The van der Waals surface area contributed by atoms with E-state index >= 15 is 0 Å². The Morgan fingerprint density at radius 1 is 1.10 bits per heavy atom. The molecule has 0 fully saturated rings. The van der Waals surface area contributed by atoms with Crippen molar-refractivity contribution in [2.75, 3.05) is 13.2 Å². The molecule has 0 heterocycles. The van der Waals surface area contributed by atoms with Gasteiger partial charge in [-0.15, -0.1) is 0 Å². The van der Waals surface area contributed by atoms with Gasteiger partial charge in [0.1, 0.15) is 0 Å². The van der Waals surface area contributed by atoms with E-state index in [-0.39, 0.29) is 12.4 Å². The first-order valence-electron chi connectivity index (χ1n) is 6.96. The van der Waals surface area contributed by atoms with Crippen LogP contribution in [0.1, 0.15) is 25.8 Å². The van der Waals surface area contributed by atoms with Crippen molar-refractivity contribution < 1.29 is 19.1 Å². The summed E-state index contributed by atoms with van der Waals surface area (Å²) in [5, 5.41) is 3.07. The molecular weight excluding hydrogens is 270 g/mol. The second-order valence-electron chi connectivity index (χ2n) is 4.24. The van der Waals surface area contributed by atoms with Crippen LogP contribution in [0.25, 0.3) is 0 Å². The summed E-state index contributed by atoms with van der Waals surface area (Å²) in [5.41, 5.74) is 1.53. The van der Waals surface area contributed by atoms with Crippen molar-refractivity contribution in [3.63, 3.8) is 0 Å². The average molecular weight is 291 g/mol. The summed E-state index contributed by atoms with van der Waals surface area (Å²) in [7, 11) is 0. The topological polar surface area (TPSA) is 64.6 Å². The predicted molar refractivity (Wildman–Crippen MR) is 79.2 cm³/mol. The molecule has 0 aromatic heterocycles. The summed E-state index contributed by atoms with van der Waals surface area (Å²) in [6, 6.07) is 9.70. The van der Waals surface area contributed by atoms with Crippen LogP contribution in [0.3, 0.4) is 0 Å². The lowest BCUT2D eigenvalue weighted by atomic mass is 10.2. The molecule has 0 saturated heterocycles. The first-order chi connectivity index (χ1) is 10.2. The smallest absolute Gasteiger partial charge is 0.332 e. The van der Waals surface area contributed by atoms with Crippen molar-refractivity contribution in [2.24, 2.45) is 0 Å². The minimum Gasteiger partial charge on any atom is -0.466 e. The molecule has 0 spiro atoms. The van der Waals surface area contributed by atoms with Crippen LogP contribution in [0.15, 0.2) is 42.1 Å². The maximum atomic E-state index is 11.5. The zero-order valence-corrected chi connectivity index (χ0v) is 12.4. The molecule has 0 bridgehead atoms. The molecule has 0 saturated carbocycles. The third-order valence-electron chi connectivity index (χ3n) is 2.58. The van der Waals surface area contributed by atoms with Gasteiger partial charge in [0.05, 0.1) is 19.6 Å². The normalized spacial score (nSPS) is 10.9. The van der Waals surface area contributed by atoms with E-state index in [2.05, 4.69) is 5.32 Å². The van der Waals surface area contributed by atoms with Crippen molar-refractivity contribution in [1.29, 1.82) is 0 Å². The van der Waals surface area contributed by atoms with Crippen molar-refractivity contribution in [3.8, 4) is 0 Å². The van der Waals surface area contributed by atoms with Gasteiger partial charge in [-0.1, -0.05) is 30.3 Å². The molecule has 1 rings (SSSR count). The Morgan fingerprint density at radius 3 is 2.38 bits per heavy atom. The lowest BCUT2D eigenvalue weighted by Gasteiger charge is -2.11. The molecule has 0 radical (unpaired) electrons. The first-order valence-corrected chi connectivity index (χ1v) is 6.96. The van der Waals surface area contributed by atoms with E-state index in [0.717, 1.165) is 5.56 Å². The minimum absolute atomic E-state index is 0.0134. The lowest BCUT2D eigenvalue weighted by Crippen LogP contribution is -2.19. The standard InChI is InChI=1S/C16H21NO4/c1-3-20-15(18)10-14(11-16(19)21-4-2)17-12-13-8-6-5-7-9-13/h5-10,17H,3-4,11-12H2,1-2H3/b14-10-. The number of nitrogens with one attached hydrogen (secondary N) is 1. The fourth-order valence-electron chi connectivity index (χ4n) is 1.67. The Labute approximate surface area is 124 Å². The summed E-state index contributed by atoms with van der Waals surface area (Å²) in [6.45, 7) is 4.59. The molecule has 5 nitrogen and oxygen atoms in total. The number of benzene rings is 1. The molecule has 21 heavy (non-hydrogen) atoms. The summed E-state index contributed by atoms with van der Waals surface area (Å²) in [5.74, 6) is -0.856. The molecule has 0 aliphatic heterocycles. The molecule has 5 heteroatoms. The average Bonchev–Trinajstić information content (AvgIpc) is 2.46. The molecule has 1 aromatic rings. The molecule has 0 aliphatic rings. The number of hydrogen-bond donors (Lipinski definition) is 1. The van der Waals surface area contributed by atoms with Gasteiger partial charge in [-0.2, -0.15) is 0 Å². The fraction of sp³-hybridized carbons (Fsp3) is 0.375. The lowest BCUT2D eigenvalue weighted by molar-refractivity contribution is -0.142. The van der Waals surface area contributed by atoms with Gasteiger partial charge in [-0.25, -0.2) is 4.79 Å². The van der Waals surface area contributed by atoms with Crippen LogP contribution in [0.2, 0.25) is 0 Å². The maximum absolute atomic E-state index is 11.5. The van der Waals surface area contributed by atoms with Crippen LogP contribution in [0.4, 0.5) is 0 Å². The van der Waals surface area contributed by atoms with E-state index < -0.39 is 5.97 Å². The Kier molecular flexibility index (Phi) is 7.64. The van der Waals surface area contributed by atoms with E-state index in [1.165, 1.54) is 6.08 Å². The van der Waals surface area contributed by atoms with Gasteiger partial charge < -0.3 is 14.8 Å². The van der Waals surface area contributed by atoms with E-state index in [9.17, 15) is 9.59 Å². The zero-order chi connectivity index (χ0) is 15.5. The number of ether oxygens (including phenoxy) is 2. The molecule has 0 amide bonds. The molecule has 0 unspecified atom stereocenters. The second kappa shape index (κ2) is 9.58. The van der Waals surface area contributed by atoms with E-state index in [0.29, 0.717) is 25.5 Å². The number of carbonyl (C=O) groups is 2. The molecular formula is C16H21NO4. The molecule has 114 valence electrons. The van der Waals surface area contributed by atoms with Gasteiger partial charge in [-0.3, -0.25) is 4.79 Å². The minimum atomic E-state index is -0.475. The van der Waals surface area contributed by atoms with Gasteiger partial charge in [0, 0.05) is 18.3 Å². The van der Waals surface area contributed by atoms with Crippen molar-refractivity contribution in [3.05, 3.63) is 47.7 Å². The molecule has 1 N–H and O–H groups in total. The van der Waals surface area contributed by atoms with Gasteiger partial charge in [-0.05, 0) is 19.4 Å². The van der Waals surface area contributed by atoms with Gasteiger partial charge >= 0.3 is 11.9 Å². The first kappa shape index (κ1) is 16.8. The highest BCUT2D eigenvalue weighted by molar-refractivity contribution is 5.84. The van der Waals surface area contributed by atoms with E-state index in [1.807, 2.05) is 30.3 Å². The maximum Gasteiger partial charge on any atom is 0.332 e. The largest absolute Gasteiger partial charge is 0.466 e. The van der Waals surface area contributed by atoms with Crippen LogP contribution in [0, 0.1) is 0 Å². The monoisotopic (exact) mass is 291 g/mol. The van der Waals surface area contributed by atoms with Crippen molar-refractivity contribution >= 4 is 11.9 Å². The Hall–Kier alpha value is -2.30. The van der Waals surface area contributed by atoms with Gasteiger partial charge in [0.2, 0.25) is 0 Å². The van der Waals surface area contributed by atoms with Crippen molar-refractivity contribution in [1.82, 2.24) is 5.32 Å². The van der Waals surface area contributed by atoms with Crippen LogP contribution < -0.4 is 5.32 Å². The number of esters is 2. The third-order valence-corrected chi connectivity index (χ3v) is 2.58. The second-order valence-corrected chi connectivity index (χ2v) is 4.24. The highest BCUT2D eigenvalue weighted by Crippen LogP contribution is 2.04. The Bertz CT molecular complexity index is 482. The van der Waals surface area contributed by atoms with Crippen LogP contribution >= 0.6 is 0 Å². The summed E-state index contributed by atoms with van der Waals surface area (Å²) in [6.07, 6.45) is 1.31. The number of rotatable bonds is 8. The van der Waals surface area contributed by atoms with E-state index in [4.69, 9.17) is 9.47 Å². The SMILES string of the molecule is CCOC(=O)/C=C(/CC(=O)OCC)NCc1ccccc1. The van der Waals surface area contributed by atoms with E-state index in [1.54, 1.807) is 13.8 Å². The summed E-state index contributed by atoms with van der Waals surface area (Å²) >= 11 is 0. The summed E-state index contributed by atoms with van der Waals surface area (Å²) in [4.78, 5) is 23.1. The molecule has 0 aliphatic carbocycles. The highest BCUT2D eigenvalue weighted by Gasteiger charge is 2.09. The van der Waals surface area contributed by atoms with Crippen LogP contribution in [0.5, 0.6) is 0 Å². The van der Waals surface area contributed by atoms with Crippen LogP contribution in [-0.2, 0) is 25.6 Å². The fourth-order valence-corrected chi connectivity index (χ4v) is 1.67. The van der Waals surface area contributed by atoms with Crippen molar-refractivity contribution in [2.45, 2.75) is 26.8 Å². The predicted octanol–water partition coefficient (Wildman–Crippen LogP) is 2.18. The summed E-state index contributed by atoms with van der Waals surface area (Å²) < 4.78 is 9.75. The van der Waals surface area contributed by atoms with Gasteiger partial charge in [0.15, 0.2) is 0 Å². The number of hydrogen-bond acceptors (Lipinski definition) is 5. The van der Waals surface area contributed by atoms with Crippen LogP contribution in [-0.4, -0.2) is 25.2 Å².